The van der Waals surface area contributed by atoms with Crippen molar-refractivity contribution in [2.75, 3.05) is 34.6 Å². The predicted molar refractivity (Wildman–Crippen MR) is 450 cm³/mol. The van der Waals surface area contributed by atoms with E-state index >= 15 is 0 Å². The Kier molecular flexibility index (Phi) is 36.4. The van der Waals surface area contributed by atoms with Crippen LogP contribution in [0.15, 0.2) is 24.3 Å². The Morgan fingerprint density at radius 1 is 0.472 bits per heavy atom. The van der Waals surface area contributed by atoms with Crippen LogP contribution in [0.4, 0.5) is 4.39 Å². The first kappa shape index (κ1) is 84.3. The number of ketones is 1. The minimum absolute atomic E-state index is 0.0410. The van der Waals surface area contributed by atoms with Gasteiger partial charge in [-0.05, 0) is 31.2 Å². The van der Waals surface area contributed by atoms with Crippen LogP contribution in [0.2, 0.25) is 0 Å². The molecule has 62 radical (unpaired) electrons. The van der Waals surface area contributed by atoms with Crippen LogP contribution >= 0.6 is 0 Å². The predicted octanol–water partition coefficient (Wildman–Crippen LogP) is -19.5. The molecule has 334 valence electrons. The molecule has 0 saturated heterocycles. The minimum Gasteiger partial charge on any atom is -0.496 e. The molecular weight excluding hydrogens is 1030 g/mol. The van der Waals surface area contributed by atoms with Crippen molar-refractivity contribution in [1.82, 2.24) is 4.90 Å². The molecule has 1 unspecified atom stereocenters. The van der Waals surface area contributed by atoms with Crippen molar-refractivity contribution in [2.45, 2.75) is 25.3 Å². The number of rotatable bonds is 34. The van der Waals surface area contributed by atoms with Crippen LogP contribution in [0.3, 0.4) is 0 Å². The van der Waals surface area contributed by atoms with Crippen LogP contribution in [-0.2, 0) is 17.6 Å². The van der Waals surface area contributed by atoms with Crippen molar-refractivity contribution in [3.8, 4) is 23.0 Å². The van der Waals surface area contributed by atoms with Crippen molar-refractivity contribution < 1.29 is 28.1 Å². The van der Waals surface area contributed by atoms with Gasteiger partial charge in [0.2, 0.25) is 12.5 Å². The van der Waals surface area contributed by atoms with E-state index in [1.165, 1.54) is 19.2 Å². The van der Waals surface area contributed by atoms with Gasteiger partial charge in [0.05, 0.1) is 14.2 Å². The quantitative estimate of drug-likeness (QED) is 0.0651. The van der Waals surface area contributed by atoms with E-state index in [0.29, 0.717) is 35.0 Å². The number of Topliss-reactive ketones (excluding diaryl/α,β-unsaturated/α-hetero) is 1. The molecule has 6 nitrogen and oxygen atoms in total. The highest BCUT2D eigenvalue weighted by atomic mass is 19.1. The molecule has 2 heterocycles. The Bertz CT molecular complexity index is 2280. The van der Waals surface area contributed by atoms with Gasteiger partial charge in [0.25, 0.3) is 0 Å². The molecule has 4 rings (SSSR count). The molecule has 2 aliphatic heterocycles. The summed E-state index contributed by atoms with van der Waals surface area (Å²) in [7, 11) is 209. The standard InChI is InChI=1S/C22H24FNO5.B60/c1-24-7-6-14-9-19-21(29-12-28-19)22(27-3)20(14)17(24)11-16(25)8-13-4-5-15(23)10-18(13)26-2;1-32(2)47(31)55(48(33(3)4)34(5)6)59(56(49(35(7)8)36(9)10)50(37(11)12)38(13)14)60(57(51(39(15)16)40(17)18)52(41(19)20)42(21)22)58(53(43(23)24)44(25)26)54(45(27)28)46(29)30/h4-5,9-10,17H,6-8,11-12H2,1-3H3;. The maximum atomic E-state index is 13.4. The second-order valence-electron chi connectivity index (χ2n) is 24.1. The fourth-order valence-corrected chi connectivity index (χ4v) is 14.4. The van der Waals surface area contributed by atoms with E-state index < -0.39 is 185 Å². The lowest BCUT2D eigenvalue weighted by molar-refractivity contribution is -0.119. The maximum absolute atomic E-state index is 13.4. The number of hydrogen-bond donors (Lipinski definition) is 0. The summed E-state index contributed by atoms with van der Waals surface area (Å²) in [6, 6.07) is 6.10. The Hall–Kier alpha value is 1.10. The smallest absolute Gasteiger partial charge is 0.231 e. The number of likely N-dealkylation sites (N-methyl/N-ethyl adjacent to an activating group) is 1. The van der Waals surface area contributed by atoms with Gasteiger partial charge in [-0.3, -0.25) is 9.69 Å². The lowest BCUT2D eigenvalue weighted by Gasteiger charge is -2.59. The number of methoxy groups -OCH3 is 2. The van der Waals surface area contributed by atoms with Gasteiger partial charge in [0.1, 0.15) is 17.3 Å². The average molecular weight is 1050 g/mol. The second kappa shape index (κ2) is 38.5. The molecule has 2 aliphatic rings. The van der Waals surface area contributed by atoms with Crippen molar-refractivity contribution in [1.29, 1.82) is 0 Å². The van der Waals surface area contributed by atoms with Gasteiger partial charge in [-0.1, -0.05) is 6.07 Å². The Morgan fingerprint density at radius 3 is 1.13 bits per heavy atom. The maximum Gasteiger partial charge on any atom is 0.231 e. The lowest BCUT2D eigenvalue weighted by Crippen LogP contribution is -2.97. The second-order valence-corrected chi connectivity index (χ2v) is 24.1. The molecule has 2 aromatic carbocycles. The minimum atomic E-state index is -1.52. The molecule has 2 aromatic rings. The average Bonchev–Trinajstić information content (AvgIpc) is 1.04. The molecule has 0 amide bonds. The third-order valence-electron chi connectivity index (χ3n) is 18.0. The number of carbonyl (C=O) groups excluding carboxylic acids is 1. The van der Waals surface area contributed by atoms with E-state index in [1.54, 1.807) is 13.2 Å². The number of fused-ring (bicyclic) bond motifs is 2. The Balaban J connectivity index is 0.000000584. The fourth-order valence-electron chi connectivity index (χ4n) is 14.4. The third-order valence-corrected chi connectivity index (χ3v) is 18.0. The van der Waals surface area contributed by atoms with Gasteiger partial charge in [-0.15, -0.1) is 0 Å². The highest BCUT2D eigenvalue weighted by Gasteiger charge is 2.62. The Morgan fingerprint density at radius 2 is 0.809 bits per heavy atom. The third kappa shape index (κ3) is 21.5. The molecule has 0 spiro atoms. The summed E-state index contributed by atoms with van der Waals surface area (Å²) >= 11 is 0. The van der Waals surface area contributed by atoms with Gasteiger partial charge in [0, 0.05) is 468 Å². The van der Waals surface area contributed by atoms with Crippen molar-refractivity contribution in [2.24, 2.45) is 0 Å². The number of carbonyl (C=O) groups is 1. The van der Waals surface area contributed by atoms with E-state index in [1.807, 2.05) is 13.1 Å². The first-order chi connectivity index (χ1) is 41.2. The molecule has 0 aromatic heterocycles. The molecule has 1 atom stereocenters. The van der Waals surface area contributed by atoms with Gasteiger partial charge in [-0.25, -0.2) is 4.39 Å². The van der Waals surface area contributed by atoms with Crippen LogP contribution in [0.1, 0.15) is 29.2 Å². The van der Waals surface area contributed by atoms with Crippen LogP contribution in [0, 0.1) is 5.82 Å². The molecule has 0 bridgehead atoms. The van der Waals surface area contributed by atoms with E-state index in [2.05, 4.69) is 4.90 Å². The van der Waals surface area contributed by atoms with E-state index in [-0.39, 0.29) is 30.9 Å². The van der Waals surface area contributed by atoms with E-state index in [0.717, 1.165) is 24.1 Å². The monoisotopic (exact) mass is 1060 g/mol. The molecule has 0 aliphatic carbocycles. The molecule has 0 N–H and O–H groups in total. The normalized spacial score (nSPS) is 12.3. The number of hydrogen-bond acceptors (Lipinski definition) is 6. The highest BCUT2D eigenvalue weighted by Crippen LogP contribution is 2.50. The zero-order valence-electron chi connectivity index (χ0n) is 51.4. The first-order valence-corrected chi connectivity index (χ1v) is 29.2. The zero-order valence-corrected chi connectivity index (χ0v) is 51.4. The summed E-state index contributed by atoms with van der Waals surface area (Å²) in [6.07, 6.45) is -40.2. The molecule has 0 saturated carbocycles. The molecule has 0 fully saturated rings. The van der Waals surface area contributed by atoms with Crippen molar-refractivity contribution >= 4 is 431 Å². The van der Waals surface area contributed by atoms with Gasteiger partial charge in [-0.2, -0.15) is 0 Å². The summed E-state index contributed by atoms with van der Waals surface area (Å²) in [5, 5.41) is 0. The van der Waals surface area contributed by atoms with Crippen LogP contribution in [-0.4, -0.2) is 470 Å². The van der Waals surface area contributed by atoms with E-state index in [4.69, 9.17) is 259 Å². The number of nitrogens with zero attached hydrogens (tertiary/aromatic N) is 1. The molecular formula is C22H24B60FNO5. The van der Waals surface area contributed by atoms with Crippen molar-refractivity contribution in [3.63, 3.8) is 0 Å². The highest BCUT2D eigenvalue weighted by molar-refractivity contribution is 8.38. The van der Waals surface area contributed by atoms with Crippen LogP contribution in [0.5, 0.6) is 23.0 Å². The zero-order chi connectivity index (χ0) is 68.3. The SMILES string of the molecule is COc1cc(F)ccc1CC(=O)CC1c2c(cc3c(c2OC)OCO3)CCN1C.[B]B([B])B([B])B(B(B([B])[B])B([B])[B])B(B(B(B([B])[B])B([B])[B])B(B([B])[B])B([B])[B])B(B(B(B([B])[B])B([B])[B])B(B([B])[B])B([B])[B])B(B(B([B])[B])B([B])[B])B(B([B])[B])B([B])[B]. The summed E-state index contributed by atoms with van der Waals surface area (Å²) < 4.78 is 35.5. The molecule has 89 heavy (non-hydrogen) atoms. The summed E-state index contributed by atoms with van der Waals surface area (Å²) in [5.74, 6) is 1.96. The summed E-state index contributed by atoms with van der Waals surface area (Å²) in [6.45, 7) is 0.992. The fraction of sp³-hybridized carbons (Fsp3) is 0.409. The lowest BCUT2D eigenvalue weighted by atomic mass is 8.23. The summed E-state index contributed by atoms with van der Waals surface area (Å²) in [4.78, 5) is 15.1. The van der Waals surface area contributed by atoms with Gasteiger partial charge in [0.15, 0.2) is 11.5 Å². The largest absolute Gasteiger partial charge is 0.496 e. The Labute approximate surface area is 588 Å². The number of benzene rings is 2. The number of halogens is 1. The van der Waals surface area contributed by atoms with Gasteiger partial charge < -0.3 is 18.9 Å². The van der Waals surface area contributed by atoms with Crippen LogP contribution in [0.25, 0.3) is 0 Å². The van der Waals surface area contributed by atoms with E-state index in [9.17, 15) is 9.18 Å². The van der Waals surface area contributed by atoms with Crippen molar-refractivity contribution in [3.05, 3.63) is 46.8 Å². The molecule has 67 heteroatoms. The topological polar surface area (TPSA) is 57.2 Å². The van der Waals surface area contributed by atoms with Gasteiger partial charge >= 0.3 is 0 Å². The van der Waals surface area contributed by atoms with Crippen LogP contribution < -0.4 is 18.9 Å². The summed E-state index contributed by atoms with van der Waals surface area (Å²) in [5.41, 5.74) is 2.77. The number of ether oxygens (including phenoxy) is 4. The first-order valence-electron chi connectivity index (χ1n) is 29.2.